The Morgan fingerprint density at radius 2 is 0.705 bits per heavy atom. The molecule has 0 fully saturated rings. The summed E-state index contributed by atoms with van der Waals surface area (Å²) in [5, 5.41) is 9.56. The Labute approximate surface area is 379 Å². The van der Waals surface area contributed by atoms with E-state index in [2.05, 4.69) is 62.5 Å². The molecule has 1 N–H and O–H groups in total. The lowest BCUT2D eigenvalue weighted by molar-refractivity contribution is -0.161. The smallest absolute Gasteiger partial charge is 0.306 e. The molecule has 0 bridgehead atoms. The number of hydrogen-bond acceptors (Lipinski definition) is 5. The lowest BCUT2D eigenvalue weighted by atomic mass is 10.0. The second-order valence-electron chi connectivity index (χ2n) is 17.9. The molecule has 5 nitrogen and oxygen atoms in total. The summed E-state index contributed by atoms with van der Waals surface area (Å²) in [6.45, 7) is 4.01. The van der Waals surface area contributed by atoms with Crippen LogP contribution in [0.15, 0.2) is 48.6 Å². The minimum Gasteiger partial charge on any atom is -0.462 e. The zero-order valence-electron chi connectivity index (χ0n) is 40.7. The van der Waals surface area contributed by atoms with Gasteiger partial charge in [0.25, 0.3) is 0 Å². The van der Waals surface area contributed by atoms with Gasteiger partial charge in [0.2, 0.25) is 0 Å². The Morgan fingerprint density at radius 1 is 0.393 bits per heavy atom. The summed E-state index contributed by atoms with van der Waals surface area (Å²) in [5.74, 6) is -0.583. The van der Waals surface area contributed by atoms with Gasteiger partial charge >= 0.3 is 11.9 Å². The lowest BCUT2D eigenvalue weighted by Crippen LogP contribution is -2.28. The first-order chi connectivity index (χ1) is 30.1. The molecule has 0 aromatic rings. The number of carbonyl (C=O) groups is 2. The first kappa shape index (κ1) is 58.9. The third kappa shape index (κ3) is 50.4. The van der Waals surface area contributed by atoms with Gasteiger partial charge in [-0.05, 0) is 51.4 Å². The summed E-state index contributed by atoms with van der Waals surface area (Å²) in [6, 6.07) is 0. The van der Waals surface area contributed by atoms with Crippen molar-refractivity contribution in [2.75, 3.05) is 13.2 Å². The molecule has 0 radical (unpaired) electrons. The summed E-state index contributed by atoms with van der Waals surface area (Å²) < 4.78 is 10.6. The highest BCUT2D eigenvalue weighted by Crippen LogP contribution is 2.17. The van der Waals surface area contributed by atoms with Gasteiger partial charge in [-0.25, -0.2) is 0 Å². The van der Waals surface area contributed by atoms with Crippen LogP contribution in [0.1, 0.15) is 277 Å². The Kier molecular flexibility index (Phi) is 50.4. The molecule has 0 aliphatic carbocycles. The number of unbranched alkanes of at least 4 members (excludes halogenated alkanes) is 33. The topological polar surface area (TPSA) is 72.8 Å². The molecule has 0 saturated carbocycles. The van der Waals surface area contributed by atoms with Gasteiger partial charge in [0.15, 0.2) is 6.10 Å². The van der Waals surface area contributed by atoms with Gasteiger partial charge in [-0.15, -0.1) is 0 Å². The molecule has 0 rings (SSSR count). The van der Waals surface area contributed by atoms with Crippen molar-refractivity contribution in [3.8, 4) is 0 Å². The van der Waals surface area contributed by atoms with E-state index in [9.17, 15) is 14.7 Å². The average Bonchev–Trinajstić information content (AvgIpc) is 3.26. The van der Waals surface area contributed by atoms with Crippen molar-refractivity contribution in [2.24, 2.45) is 0 Å². The molecule has 5 heteroatoms. The summed E-state index contributed by atoms with van der Waals surface area (Å²) in [7, 11) is 0. The zero-order valence-corrected chi connectivity index (χ0v) is 40.7. The molecule has 0 aromatic heterocycles. The molecular weight excluding hydrogens is 753 g/mol. The van der Waals surface area contributed by atoms with Crippen LogP contribution in [-0.2, 0) is 19.1 Å². The SMILES string of the molecule is CC/C=C\C/C=C\C/C=C\C/C=C\CCCCCCCCCCCCCCCCCCCCCCCCCCCCC(=O)OC(CO)COC(=O)CCCCCCCCCC. The van der Waals surface area contributed by atoms with E-state index >= 15 is 0 Å². The van der Waals surface area contributed by atoms with E-state index in [4.69, 9.17) is 9.47 Å². The van der Waals surface area contributed by atoms with Gasteiger partial charge in [0, 0.05) is 12.8 Å². The highest BCUT2D eigenvalue weighted by atomic mass is 16.6. The number of rotatable bonds is 49. The average molecular weight is 855 g/mol. The highest BCUT2D eigenvalue weighted by molar-refractivity contribution is 5.70. The minimum absolute atomic E-state index is 0.0605. The molecule has 0 spiro atoms. The molecule has 0 heterocycles. The second-order valence-corrected chi connectivity index (χ2v) is 17.9. The number of allylic oxidation sites excluding steroid dienone is 8. The fourth-order valence-electron chi connectivity index (χ4n) is 7.90. The van der Waals surface area contributed by atoms with Gasteiger partial charge < -0.3 is 14.6 Å². The number of aliphatic hydroxyl groups is 1. The molecule has 0 aliphatic heterocycles. The first-order valence-electron chi connectivity index (χ1n) is 26.7. The summed E-state index contributed by atoms with van der Waals surface area (Å²) in [6.07, 6.45) is 68.3. The number of aliphatic hydroxyl groups excluding tert-OH is 1. The standard InChI is InChI=1S/C56H102O5/c1-3-5-7-9-11-13-14-15-16-17-18-19-20-21-22-23-24-25-26-27-28-29-30-31-32-33-34-35-36-37-38-39-40-41-42-43-45-47-49-51-56(59)61-54(52-57)53-60-55(58)50-48-46-44-12-10-8-6-4-2/h5,7,11,13,15-16,18-19,54,57H,3-4,6,8-10,12,14,17,20-53H2,1-2H3/b7-5-,13-11-,16-15-,19-18-. The molecule has 1 atom stereocenters. The van der Waals surface area contributed by atoms with E-state index in [0.717, 1.165) is 64.2 Å². The van der Waals surface area contributed by atoms with Crippen molar-refractivity contribution in [3.05, 3.63) is 48.6 Å². The van der Waals surface area contributed by atoms with Crippen molar-refractivity contribution in [3.63, 3.8) is 0 Å². The van der Waals surface area contributed by atoms with Crippen molar-refractivity contribution in [2.45, 2.75) is 283 Å². The third-order valence-corrected chi connectivity index (χ3v) is 11.9. The van der Waals surface area contributed by atoms with Crippen LogP contribution in [-0.4, -0.2) is 36.4 Å². The zero-order chi connectivity index (χ0) is 44.2. The van der Waals surface area contributed by atoms with E-state index in [-0.39, 0.29) is 25.2 Å². The molecule has 0 amide bonds. The van der Waals surface area contributed by atoms with E-state index in [1.165, 1.54) is 186 Å². The largest absolute Gasteiger partial charge is 0.462 e. The van der Waals surface area contributed by atoms with Gasteiger partial charge in [-0.3, -0.25) is 9.59 Å². The van der Waals surface area contributed by atoms with Crippen molar-refractivity contribution in [1.82, 2.24) is 0 Å². The Hall–Kier alpha value is -2.14. The van der Waals surface area contributed by atoms with E-state index < -0.39 is 6.10 Å². The van der Waals surface area contributed by atoms with Gasteiger partial charge in [0.05, 0.1) is 6.61 Å². The van der Waals surface area contributed by atoms with Crippen LogP contribution in [0.25, 0.3) is 0 Å². The molecule has 0 aromatic carbocycles. The Balaban J connectivity index is 3.34. The molecule has 0 aliphatic rings. The highest BCUT2D eigenvalue weighted by Gasteiger charge is 2.16. The maximum atomic E-state index is 12.2. The quantitative estimate of drug-likeness (QED) is 0.0375. The lowest BCUT2D eigenvalue weighted by Gasteiger charge is -2.15. The minimum atomic E-state index is -0.764. The molecule has 0 saturated heterocycles. The number of carbonyl (C=O) groups excluding carboxylic acids is 2. The summed E-state index contributed by atoms with van der Waals surface area (Å²) >= 11 is 0. The Bertz CT molecular complexity index is 1010. The molecule has 1 unspecified atom stereocenters. The normalized spacial score (nSPS) is 12.5. The van der Waals surface area contributed by atoms with E-state index in [1.807, 2.05) is 0 Å². The predicted molar refractivity (Wildman–Crippen MR) is 265 cm³/mol. The molecule has 356 valence electrons. The van der Waals surface area contributed by atoms with Crippen LogP contribution < -0.4 is 0 Å². The monoisotopic (exact) mass is 855 g/mol. The third-order valence-electron chi connectivity index (χ3n) is 11.9. The van der Waals surface area contributed by atoms with Crippen LogP contribution in [0, 0.1) is 0 Å². The van der Waals surface area contributed by atoms with Crippen LogP contribution in [0.4, 0.5) is 0 Å². The maximum Gasteiger partial charge on any atom is 0.306 e. The fourth-order valence-corrected chi connectivity index (χ4v) is 7.90. The van der Waals surface area contributed by atoms with Crippen molar-refractivity contribution < 1.29 is 24.2 Å². The van der Waals surface area contributed by atoms with Gasteiger partial charge in [-0.2, -0.15) is 0 Å². The Morgan fingerprint density at radius 3 is 1.07 bits per heavy atom. The fraction of sp³-hybridized carbons (Fsp3) is 0.821. The van der Waals surface area contributed by atoms with Crippen LogP contribution in [0.3, 0.4) is 0 Å². The van der Waals surface area contributed by atoms with Crippen LogP contribution in [0.2, 0.25) is 0 Å². The number of hydrogen-bond donors (Lipinski definition) is 1. The predicted octanol–water partition coefficient (Wildman–Crippen LogP) is 17.7. The van der Waals surface area contributed by atoms with Crippen molar-refractivity contribution >= 4 is 11.9 Å². The summed E-state index contributed by atoms with van der Waals surface area (Å²) in [4.78, 5) is 24.2. The van der Waals surface area contributed by atoms with E-state index in [0.29, 0.717) is 12.8 Å². The second kappa shape index (κ2) is 52.2. The first-order valence-corrected chi connectivity index (χ1v) is 26.7. The van der Waals surface area contributed by atoms with E-state index in [1.54, 1.807) is 0 Å². The number of ether oxygens (including phenoxy) is 2. The number of esters is 2. The van der Waals surface area contributed by atoms with Crippen molar-refractivity contribution in [1.29, 1.82) is 0 Å². The molecular formula is C56H102O5. The van der Waals surface area contributed by atoms with Crippen LogP contribution in [0.5, 0.6) is 0 Å². The maximum absolute atomic E-state index is 12.2. The van der Waals surface area contributed by atoms with Crippen LogP contribution >= 0.6 is 0 Å². The van der Waals surface area contributed by atoms with Gasteiger partial charge in [-0.1, -0.05) is 262 Å². The summed E-state index contributed by atoms with van der Waals surface area (Å²) in [5.41, 5.74) is 0. The molecule has 61 heavy (non-hydrogen) atoms. The van der Waals surface area contributed by atoms with Gasteiger partial charge in [0.1, 0.15) is 6.61 Å².